The lowest BCUT2D eigenvalue weighted by Gasteiger charge is -2.08. The number of thiazole rings is 2. The van der Waals surface area contributed by atoms with Crippen LogP contribution in [0.5, 0.6) is 5.75 Å². The van der Waals surface area contributed by atoms with Crippen LogP contribution in [0.4, 0.5) is 18.3 Å². The van der Waals surface area contributed by atoms with E-state index in [4.69, 9.17) is 0 Å². The molecular weight excluding hydrogens is 435 g/mol. The van der Waals surface area contributed by atoms with Crippen molar-refractivity contribution in [3.05, 3.63) is 70.8 Å². The molecule has 30 heavy (non-hydrogen) atoms. The third-order valence-corrected chi connectivity index (χ3v) is 5.72. The summed E-state index contributed by atoms with van der Waals surface area (Å²) in [4.78, 5) is 21.2. The number of alkyl halides is 2. The first kappa shape index (κ1) is 20.0. The van der Waals surface area contributed by atoms with Crippen molar-refractivity contribution >= 4 is 33.7 Å². The van der Waals surface area contributed by atoms with Crippen molar-refractivity contribution in [2.75, 3.05) is 5.32 Å². The molecule has 4 aromatic rings. The number of nitrogens with one attached hydrogen (secondary N) is 1. The van der Waals surface area contributed by atoms with E-state index < -0.39 is 18.3 Å². The van der Waals surface area contributed by atoms with Gasteiger partial charge >= 0.3 is 6.61 Å². The van der Waals surface area contributed by atoms with Crippen molar-refractivity contribution in [1.82, 2.24) is 9.97 Å². The highest BCUT2D eigenvalue weighted by Gasteiger charge is 2.17. The number of benzene rings is 2. The maximum Gasteiger partial charge on any atom is 0.387 e. The number of halogens is 3. The largest absolute Gasteiger partial charge is 0.434 e. The minimum absolute atomic E-state index is 0.00679. The summed E-state index contributed by atoms with van der Waals surface area (Å²) in [7, 11) is 0. The molecule has 0 saturated heterocycles. The zero-order valence-corrected chi connectivity index (χ0v) is 16.6. The molecular formula is C20H12F3N3O2S2. The molecule has 2 aromatic carbocycles. The second kappa shape index (κ2) is 8.64. The number of hydrogen-bond acceptors (Lipinski definition) is 6. The fourth-order valence-corrected chi connectivity index (χ4v) is 4.17. The fourth-order valence-electron chi connectivity index (χ4n) is 2.63. The van der Waals surface area contributed by atoms with Gasteiger partial charge in [-0.2, -0.15) is 8.78 Å². The molecule has 0 saturated carbocycles. The van der Waals surface area contributed by atoms with Crippen LogP contribution in [0.25, 0.3) is 21.8 Å². The highest BCUT2D eigenvalue weighted by Crippen LogP contribution is 2.33. The van der Waals surface area contributed by atoms with Crippen molar-refractivity contribution in [3.63, 3.8) is 0 Å². The maximum absolute atomic E-state index is 13.9. The maximum atomic E-state index is 13.9. The monoisotopic (exact) mass is 447 g/mol. The molecule has 2 aromatic heterocycles. The van der Waals surface area contributed by atoms with Crippen LogP contribution in [0.2, 0.25) is 0 Å². The lowest BCUT2D eigenvalue weighted by atomic mass is 10.1. The standard InChI is InChI=1S/C20H12F3N3O2S2/c21-13-7-3-1-5-11(13)18-24-9-16(30-18)17(27)26-20-25-14(10-29-20)12-6-2-4-8-15(12)28-19(22)23/h1-10,19H,(H,25,26,27). The van der Waals surface area contributed by atoms with Crippen molar-refractivity contribution in [1.29, 1.82) is 0 Å². The number of para-hydroxylation sites is 1. The van der Waals surface area contributed by atoms with E-state index in [0.717, 1.165) is 22.7 Å². The summed E-state index contributed by atoms with van der Waals surface area (Å²) < 4.78 is 43.6. The van der Waals surface area contributed by atoms with Crippen molar-refractivity contribution in [2.45, 2.75) is 6.61 Å². The van der Waals surface area contributed by atoms with Crippen LogP contribution >= 0.6 is 22.7 Å². The zero-order valence-electron chi connectivity index (χ0n) is 15.0. The number of amides is 1. The first-order chi connectivity index (χ1) is 14.5. The topological polar surface area (TPSA) is 64.1 Å². The first-order valence-corrected chi connectivity index (χ1v) is 10.2. The number of hydrogen-bond donors (Lipinski definition) is 1. The van der Waals surface area contributed by atoms with E-state index in [1.165, 1.54) is 18.3 Å². The lowest BCUT2D eigenvalue weighted by molar-refractivity contribution is -0.0494. The number of nitrogens with zero attached hydrogens (tertiary/aromatic N) is 2. The number of aromatic nitrogens is 2. The van der Waals surface area contributed by atoms with Crippen molar-refractivity contribution < 1.29 is 22.7 Å². The average Bonchev–Trinajstić information content (AvgIpc) is 3.38. The lowest BCUT2D eigenvalue weighted by Crippen LogP contribution is -2.09. The fraction of sp³-hybridized carbons (Fsp3) is 0.0500. The van der Waals surface area contributed by atoms with Crippen LogP contribution in [-0.2, 0) is 0 Å². The number of anilines is 1. The molecule has 0 spiro atoms. The number of ether oxygens (including phenoxy) is 1. The Kier molecular flexibility index (Phi) is 5.77. The first-order valence-electron chi connectivity index (χ1n) is 8.53. The van der Waals surface area contributed by atoms with Gasteiger partial charge in [0.2, 0.25) is 0 Å². The van der Waals surface area contributed by atoms with Gasteiger partial charge in [0.05, 0.1) is 11.9 Å². The summed E-state index contributed by atoms with van der Waals surface area (Å²) in [6.45, 7) is -2.96. The molecule has 0 aliphatic rings. The van der Waals surface area contributed by atoms with Crippen LogP contribution in [-0.4, -0.2) is 22.5 Å². The minimum atomic E-state index is -2.96. The van der Waals surface area contributed by atoms with Gasteiger partial charge in [-0.3, -0.25) is 10.1 Å². The average molecular weight is 447 g/mol. The predicted octanol–water partition coefficient (Wildman–Crippen LogP) is 5.93. The van der Waals surface area contributed by atoms with E-state index in [-0.39, 0.29) is 15.8 Å². The molecule has 0 fully saturated rings. The molecule has 152 valence electrons. The molecule has 5 nitrogen and oxygen atoms in total. The number of carbonyl (C=O) groups is 1. The second-order valence-corrected chi connectivity index (χ2v) is 7.76. The quantitative estimate of drug-likeness (QED) is 0.398. The molecule has 2 heterocycles. The Morgan fingerprint density at radius 1 is 1.07 bits per heavy atom. The molecule has 0 aliphatic heterocycles. The summed E-state index contributed by atoms with van der Waals surface area (Å²) in [6.07, 6.45) is 1.36. The van der Waals surface area contributed by atoms with Gasteiger partial charge < -0.3 is 4.74 Å². The summed E-state index contributed by atoms with van der Waals surface area (Å²) in [5.41, 5.74) is 1.09. The smallest absolute Gasteiger partial charge is 0.387 e. The molecule has 0 aliphatic carbocycles. The number of rotatable bonds is 6. The Labute approximate surface area is 176 Å². The Balaban J connectivity index is 1.51. The predicted molar refractivity (Wildman–Crippen MR) is 110 cm³/mol. The van der Waals surface area contributed by atoms with Crippen molar-refractivity contribution in [2.24, 2.45) is 0 Å². The third-order valence-electron chi connectivity index (χ3n) is 3.94. The molecule has 0 unspecified atom stereocenters. The minimum Gasteiger partial charge on any atom is -0.434 e. The Morgan fingerprint density at radius 2 is 1.80 bits per heavy atom. The van der Waals surface area contributed by atoms with Gasteiger partial charge in [-0.15, -0.1) is 22.7 Å². The van der Waals surface area contributed by atoms with Gasteiger partial charge in [0.1, 0.15) is 21.5 Å². The Morgan fingerprint density at radius 3 is 2.57 bits per heavy atom. The Bertz CT molecular complexity index is 1190. The second-order valence-electron chi connectivity index (χ2n) is 5.88. The van der Waals surface area contributed by atoms with Gasteiger partial charge in [0, 0.05) is 16.5 Å². The summed E-state index contributed by atoms with van der Waals surface area (Å²) in [6, 6.07) is 12.4. The molecule has 0 bridgehead atoms. The molecule has 4 rings (SSSR count). The molecule has 10 heteroatoms. The van der Waals surface area contributed by atoms with E-state index in [1.807, 2.05) is 0 Å². The van der Waals surface area contributed by atoms with Crippen LogP contribution in [0.3, 0.4) is 0 Å². The van der Waals surface area contributed by atoms with Gasteiger partial charge in [0.25, 0.3) is 5.91 Å². The van der Waals surface area contributed by atoms with Gasteiger partial charge in [-0.1, -0.05) is 24.3 Å². The molecule has 0 radical (unpaired) electrons. The van der Waals surface area contributed by atoms with Crippen LogP contribution in [0.1, 0.15) is 9.67 Å². The normalized spacial score (nSPS) is 10.9. The van der Waals surface area contributed by atoms with Gasteiger partial charge in [0.15, 0.2) is 5.13 Å². The summed E-state index contributed by atoms with van der Waals surface area (Å²) >= 11 is 2.19. The van der Waals surface area contributed by atoms with E-state index in [1.54, 1.807) is 41.8 Å². The highest BCUT2D eigenvalue weighted by atomic mass is 32.1. The van der Waals surface area contributed by atoms with Crippen molar-refractivity contribution in [3.8, 4) is 27.6 Å². The zero-order chi connectivity index (χ0) is 21.1. The third kappa shape index (κ3) is 4.34. The van der Waals surface area contributed by atoms with Gasteiger partial charge in [-0.25, -0.2) is 14.4 Å². The SMILES string of the molecule is O=C(Nc1nc(-c2ccccc2OC(F)F)cs1)c1cnc(-c2ccccc2F)s1. The van der Waals surface area contributed by atoms with E-state index in [0.29, 0.717) is 21.8 Å². The van der Waals surface area contributed by atoms with Crippen LogP contribution in [0, 0.1) is 5.82 Å². The van der Waals surface area contributed by atoms with E-state index in [9.17, 15) is 18.0 Å². The van der Waals surface area contributed by atoms with Gasteiger partial charge in [-0.05, 0) is 24.3 Å². The van der Waals surface area contributed by atoms with Crippen LogP contribution < -0.4 is 10.1 Å². The van der Waals surface area contributed by atoms with E-state index >= 15 is 0 Å². The van der Waals surface area contributed by atoms with E-state index in [2.05, 4.69) is 20.0 Å². The number of carbonyl (C=O) groups excluding carboxylic acids is 1. The highest BCUT2D eigenvalue weighted by molar-refractivity contribution is 7.17. The van der Waals surface area contributed by atoms with Crippen LogP contribution in [0.15, 0.2) is 60.1 Å². The Hall–Kier alpha value is -3.24. The summed E-state index contributed by atoms with van der Waals surface area (Å²) in [5, 5.41) is 4.94. The molecule has 1 amide bonds. The summed E-state index contributed by atoms with van der Waals surface area (Å²) in [5.74, 6) is -0.881. The molecule has 1 N–H and O–H groups in total. The molecule has 0 atom stereocenters.